The van der Waals surface area contributed by atoms with Gasteiger partial charge in [0, 0.05) is 6.42 Å². The lowest BCUT2D eigenvalue weighted by atomic mass is 10.1. The summed E-state index contributed by atoms with van der Waals surface area (Å²) < 4.78 is 18.8. The number of rotatable bonds is 6. The van der Waals surface area contributed by atoms with Gasteiger partial charge in [-0.1, -0.05) is 6.07 Å². The summed E-state index contributed by atoms with van der Waals surface area (Å²) in [6, 6.07) is 4.15. The molecule has 0 heterocycles. The Morgan fingerprint density at radius 1 is 1.56 bits per heavy atom. The van der Waals surface area contributed by atoms with Crippen molar-refractivity contribution in [1.82, 2.24) is 5.32 Å². The van der Waals surface area contributed by atoms with Crippen LogP contribution in [0.15, 0.2) is 18.2 Å². The number of ether oxygens (including phenoxy) is 1. The van der Waals surface area contributed by atoms with Crippen molar-refractivity contribution in [3.05, 3.63) is 29.6 Å². The maximum Gasteiger partial charge on any atom is 0.220 e. The minimum absolute atomic E-state index is 0.141. The van der Waals surface area contributed by atoms with Crippen LogP contribution in [0.3, 0.4) is 0 Å². The maximum absolute atomic E-state index is 13.7. The van der Waals surface area contributed by atoms with Crippen LogP contribution in [0.25, 0.3) is 0 Å². The Hall–Kier alpha value is -1.62. The number of hydrogen-bond acceptors (Lipinski definition) is 3. The largest absolute Gasteiger partial charge is 0.496 e. The molecular formula is C13H19FN2O2. The Bertz CT molecular complexity index is 410. The van der Waals surface area contributed by atoms with Gasteiger partial charge in [0.05, 0.1) is 18.7 Å². The fourth-order valence-electron chi connectivity index (χ4n) is 1.76. The number of nitrogens with one attached hydrogen (secondary N) is 1. The topological polar surface area (TPSA) is 64.3 Å². The lowest BCUT2D eigenvalue weighted by molar-refractivity contribution is -0.121. The molecule has 0 saturated heterocycles. The number of halogens is 1. The van der Waals surface area contributed by atoms with Crippen molar-refractivity contribution in [3.8, 4) is 5.75 Å². The third kappa shape index (κ3) is 3.70. The van der Waals surface area contributed by atoms with Crippen molar-refractivity contribution in [3.63, 3.8) is 0 Å². The molecule has 5 heteroatoms. The number of carbonyl (C=O) groups is 1. The minimum atomic E-state index is -0.438. The smallest absolute Gasteiger partial charge is 0.220 e. The van der Waals surface area contributed by atoms with Crippen molar-refractivity contribution in [2.75, 3.05) is 13.7 Å². The first-order valence-electron chi connectivity index (χ1n) is 5.92. The molecule has 1 unspecified atom stereocenters. The highest BCUT2D eigenvalue weighted by Crippen LogP contribution is 2.27. The summed E-state index contributed by atoms with van der Waals surface area (Å²) in [5.41, 5.74) is 5.69. The Morgan fingerprint density at radius 2 is 2.28 bits per heavy atom. The summed E-state index contributed by atoms with van der Waals surface area (Å²) in [5.74, 6) is -0.0964. The normalized spacial score (nSPS) is 12.0. The summed E-state index contributed by atoms with van der Waals surface area (Å²) in [5, 5.41) is 2.73. The third-order valence-corrected chi connectivity index (χ3v) is 2.65. The van der Waals surface area contributed by atoms with E-state index >= 15 is 0 Å². The van der Waals surface area contributed by atoms with Crippen LogP contribution in [0.4, 0.5) is 4.39 Å². The van der Waals surface area contributed by atoms with Crippen molar-refractivity contribution in [1.29, 1.82) is 0 Å². The number of nitrogens with two attached hydrogens (primary N) is 1. The number of hydrogen-bond donors (Lipinski definition) is 2. The molecule has 3 N–H and O–H groups in total. The minimum Gasteiger partial charge on any atom is -0.496 e. The van der Waals surface area contributed by atoms with Gasteiger partial charge in [-0.15, -0.1) is 0 Å². The highest BCUT2D eigenvalue weighted by molar-refractivity contribution is 5.76. The van der Waals surface area contributed by atoms with E-state index in [1.807, 2.05) is 0 Å². The molecule has 0 bridgehead atoms. The lowest BCUT2D eigenvalue weighted by Gasteiger charge is -2.18. The van der Waals surface area contributed by atoms with Crippen molar-refractivity contribution < 1.29 is 13.9 Å². The molecule has 0 aliphatic rings. The summed E-state index contributed by atoms with van der Waals surface area (Å²) in [7, 11) is 1.47. The fourth-order valence-corrected chi connectivity index (χ4v) is 1.76. The van der Waals surface area contributed by atoms with E-state index in [-0.39, 0.29) is 11.7 Å². The first-order valence-corrected chi connectivity index (χ1v) is 5.92. The van der Waals surface area contributed by atoms with E-state index < -0.39 is 6.04 Å². The molecule has 1 amide bonds. The van der Waals surface area contributed by atoms with E-state index in [0.717, 1.165) is 0 Å². The lowest BCUT2D eigenvalue weighted by Crippen LogP contribution is -2.27. The number of amides is 1. The second-order valence-electron chi connectivity index (χ2n) is 4.04. The number of carbonyl (C=O) groups excluding carboxylic acids is 1. The Balaban J connectivity index is 2.77. The summed E-state index contributed by atoms with van der Waals surface area (Å²) in [6.07, 6.45) is 0.963. The first-order chi connectivity index (χ1) is 8.60. The number of methoxy groups -OCH3 is 1. The van der Waals surface area contributed by atoms with E-state index in [9.17, 15) is 9.18 Å². The highest BCUT2D eigenvalue weighted by atomic mass is 19.1. The third-order valence-electron chi connectivity index (χ3n) is 2.65. The van der Waals surface area contributed by atoms with Crippen LogP contribution in [0.2, 0.25) is 0 Å². The van der Waals surface area contributed by atoms with Crippen LogP contribution in [0.5, 0.6) is 5.75 Å². The second kappa shape index (κ2) is 6.96. The molecule has 4 nitrogen and oxygen atoms in total. The van der Waals surface area contributed by atoms with Gasteiger partial charge in [-0.2, -0.15) is 0 Å². The molecule has 1 aromatic rings. The van der Waals surface area contributed by atoms with Gasteiger partial charge in [0.1, 0.15) is 11.6 Å². The van der Waals surface area contributed by atoms with E-state index in [1.54, 1.807) is 19.1 Å². The summed E-state index contributed by atoms with van der Waals surface area (Å²) in [6.45, 7) is 2.19. The monoisotopic (exact) mass is 254 g/mol. The van der Waals surface area contributed by atoms with Crippen molar-refractivity contribution in [2.24, 2.45) is 5.73 Å². The van der Waals surface area contributed by atoms with E-state index in [4.69, 9.17) is 10.5 Å². The molecule has 0 saturated carbocycles. The highest BCUT2D eigenvalue weighted by Gasteiger charge is 2.17. The van der Waals surface area contributed by atoms with Gasteiger partial charge in [0.2, 0.25) is 5.91 Å². The quantitative estimate of drug-likeness (QED) is 0.813. The van der Waals surface area contributed by atoms with Gasteiger partial charge in [0.15, 0.2) is 0 Å². The van der Waals surface area contributed by atoms with Gasteiger partial charge in [-0.25, -0.2) is 4.39 Å². The van der Waals surface area contributed by atoms with Gasteiger partial charge < -0.3 is 15.8 Å². The van der Waals surface area contributed by atoms with E-state index in [2.05, 4.69) is 5.32 Å². The van der Waals surface area contributed by atoms with Crippen LogP contribution >= 0.6 is 0 Å². The molecule has 0 aliphatic carbocycles. The summed E-state index contributed by atoms with van der Waals surface area (Å²) >= 11 is 0. The molecule has 1 aromatic carbocycles. The Morgan fingerprint density at radius 3 is 2.89 bits per heavy atom. The molecule has 0 aliphatic heterocycles. The molecule has 0 spiro atoms. The van der Waals surface area contributed by atoms with E-state index in [1.165, 1.54) is 13.2 Å². The van der Waals surface area contributed by atoms with Crippen molar-refractivity contribution in [2.45, 2.75) is 25.8 Å². The Labute approximate surface area is 106 Å². The molecule has 0 radical (unpaired) electrons. The average Bonchev–Trinajstić information content (AvgIpc) is 2.35. The first kappa shape index (κ1) is 14.4. The molecule has 18 heavy (non-hydrogen) atoms. The van der Waals surface area contributed by atoms with Gasteiger partial charge in [-0.05, 0) is 32.0 Å². The molecular weight excluding hydrogens is 235 g/mol. The van der Waals surface area contributed by atoms with Crippen LogP contribution in [0, 0.1) is 5.82 Å². The van der Waals surface area contributed by atoms with Gasteiger partial charge in [0.25, 0.3) is 0 Å². The SMILES string of the molecule is COc1cccc(F)c1C(C)NC(=O)CCCN. The molecule has 0 aromatic heterocycles. The zero-order valence-electron chi connectivity index (χ0n) is 10.7. The van der Waals surface area contributed by atoms with Crippen molar-refractivity contribution >= 4 is 5.91 Å². The molecule has 1 rings (SSSR count). The summed E-state index contributed by atoms with van der Waals surface area (Å²) in [4.78, 5) is 11.6. The maximum atomic E-state index is 13.7. The standard InChI is InChI=1S/C13H19FN2O2/c1-9(16-12(17)7-4-8-15)13-10(14)5-3-6-11(13)18-2/h3,5-6,9H,4,7-8,15H2,1-2H3,(H,16,17). The second-order valence-corrected chi connectivity index (χ2v) is 4.04. The fraction of sp³-hybridized carbons (Fsp3) is 0.462. The van der Waals surface area contributed by atoms with E-state index in [0.29, 0.717) is 30.7 Å². The zero-order valence-corrected chi connectivity index (χ0v) is 10.7. The van der Waals surface area contributed by atoms with Crippen LogP contribution in [0.1, 0.15) is 31.4 Å². The molecule has 100 valence electrons. The average molecular weight is 254 g/mol. The van der Waals surface area contributed by atoms with Crippen LogP contribution in [-0.4, -0.2) is 19.6 Å². The molecule has 1 atom stereocenters. The molecule has 0 fully saturated rings. The van der Waals surface area contributed by atoms with Crippen LogP contribution in [-0.2, 0) is 4.79 Å². The number of benzene rings is 1. The predicted molar refractivity (Wildman–Crippen MR) is 67.8 cm³/mol. The van der Waals surface area contributed by atoms with Gasteiger partial charge in [-0.3, -0.25) is 4.79 Å². The Kier molecular flexibility index (Phi) is 5.58. The van der Waals surface area contributed by atoms with Crippen LogP contribution < -0.4 is 15.8 Å². The predicted octanol–water partition coefficient (Wildman–Crippen LogP) is 1.75. The zero-order chi connectivity index (χ0) is 13.5. The van der Waals surface area contributed by atoms with Gasteiger partial charge >= 0.3 is 0 Å².